The highest BCUT2D eigenvalue weighted by Crippen LogP contribution is 2.27. The SMILES string of the molecule is [CH2]C(CO)c1ccc([N+](=O)[O-])c(Cl)c1. The van der Waals surface area contributed by atoms with Gasteiger partial charge in [-0.05, 0) is 18.6 Å². The van der Waals surface area contributed by atoms with E-state index in [1.54, 1.807) is 0 Å². The number of benzene rings is 1. The largest absolute Gasteiger partial charge is 0.396 e. The average Bonchev–Trinajstić information content (AvgIpc) is 2.15. The molecule has 0 spiro atoms. The van der Waals surface area contributed by atoms with Gasteiger partial charge in [0.2, 0.25) is 0 Å². The monoisotopic (exact) mass is 214 g/mol. The Kier molecular flexibility index (Phi) is 3.43. The zero-order valence-electron chi connectivity index (χ0n) is 7.31. The minimum absolute atomic E-state index is 0.0644. The number of aliphatic hydroxyl groups is 1. The van der Waals surface area contributed by atoms with Crippen molar-refractivity contribution in [3.8, 4) is 0 Å². The standard InChI is InChI=1S/C9H9ClNO3/c1-6(5-12)7-2-3-9(11(13)14)8(10)4-7/h2-4,6,12H,1,5H2. The Bertz CT molecular complexity index is 354. The van der Waals surface area contributed by atoms with E-state index in [-0.39, 0.29) is 23.2 Å². The van der Waals surface area contributed by atoms with Crippen LogP contribution >= 0.6 is 11.6 Å². The first-order chi connectivity index (χ1) is 6.56. The number of rotatable bonds is 3. The van der Waals surface area contributed by atoms with Gasteiger partial charge in [0.15, 0.2) is 0 Å². The summed E-state index contributed by atoms with van der Waals surface area (Å²) in [6.07, 6.45) is 0. The lowest BCUT2D eigenvalue weighted by atomic mass is 10.0. The molecule has 0 aliphatic carbocycles. The summed E-state index contributed by atoms with van der Waals surface area (Å²) in [6, 6.07) is 4.30. The summed E-state index contributed by atoms with van der Waals surface area (Å²) in [4.78, 5) is 9.88. The highest BCUT2D eigenvalue weighted by Gasteiger charge is 2.14. The van der Waals surface area contributed by atoms with Gasteiger partial charge in [0.05, 0.1) is 4.92 Å². The Hall–Kier alpha value is -1.13. The van der Waals surface area contributed by atoms with E-state index in [0.29, 0.717) is 5.56 Å². The summed E-state index contributed by atoms with van der Waals surface area (Å²) >= 11 is 5.67. The Labute approximate surface area is 86.3 Å². The van der Waals surface area contributed by atoms with Gasteiger partial charge in [0.1, 0.15) is 5.02 Å². The van der Waals surface area contributed by atoms with Gasteiger partial charge >= 0.3 is 0 Å². The van der Waals surface area contributed by atoms with E-state index in [1.165, 1.54) is 18.2 Å². The fourth-order valence-corrected chi connectivity index (χ4v) is 1.29. The first-order valence-electron chi connectivity index (χ1n) is 3.94. The van der Waals surface area contributed by atoms with E-state index < -0.39 is 4.92 Å². The molecule has 4 nitrogen and oxygen atoms in total. The summed E-state index contributed by atoms with van der Waals surface area (Å²) in [7, 11) is 0. The van der Waals surface area contributed by atoms with Crippen molar-refractivity contribution in [1.29, 1.82) is 0 Å². The van der Waals surface area contributed by atoms with Gasteiger partial charge < -0.3 is 5.11 Å². The Morgan fingerprint density at radius 2 is 2.29 bits per heavy atom. The van der Waals surface area contributed by atoms with Crippen LogP contribution in [0.4, 0.5) is 5.69 Å². The van der Waals surface area contributed by atoms with Crippen LogP contribution in [0.2, 0.25) is 5.02 Å². The molecule has 0 aliphatic rings. The molecule has 0 aliphatic heterocycles. The third kappa shape index (κ3) is 2.21. The van der Waals surface area contributed by atoms with Crippen molar-refractivity contribution in [3.63, 3.8) is 0 Å². The molecule has 1 rings (SSSR count). The van der Waals surface area contributed by atoms with Crippen LogP contribution in [0, 0.1) is 17.0 Å². The lowest BCUT2D eigenvalue weighted by Crippen LogP contribution is -1.99. The van der Waals surface area contributed by atoms with E-state index in [1.807, 2.05) is 0 Å². The maximum atomic E-state index is 10.4. The second kappa shape index (κ2) is 4.39. The highest BCUT2D eigenvalue weighted by molar-refractivity contribution is 6.32. The normalized spacial score (nSPS) is 12.5. The highest BCUT2D eigenvalue weighted by atomic mass is 35.5. The van der Waals surface area contributed by atoms with Crippen LogP contribution < -0.4 is 0 Å². The first kappa shape index (κ1) is 10.9. The maximum Gasteiger partial charge on any atom is 0.287 e. The predicted octanol–water partition coefficient (Wildman–Crippen LogP) is 2.16. The predicted molar refractivity (Wildman–Crippen MR) is 53.3 cm³/mol. The second-order valence-corrected chi connectivity index (χ2v) is 3.25. The molecule has 14 heavy (non-hydrogen) atoms. The van der Waals surface area contributed by atoms with Crippen LogP contribution in [0.5, 0.6) is 0 Å². The third-order valence-electron chi connectivity index (χ3n) is 1.86. The minimum Gasteiger partial charge on any atom is -0.396 e. The smallest absolute Gasteiger partial charge is 0.287 e. The molecule has 0 saturated carbocycles. The molecular formula is C9H9ClNO3. The van der Waals surface area contributed by atoms with Gasteiger partial charge in [-0.1, -0.05) is 17.7 Å². The number of hydrogen-bond donors (Lipinski definition) is 1. The number of nitro benzene ring substituents is 1. The second-order valence-electron chi connectivity index (χ2n) is 2.85. The molecule has 0 bridgehead atoms. The van der Waals surface area contributed by atoms with Crippen LogP contribution in [0.1, 0.15) is 11.5 Å². The molecule has 1 unspecified atom stereocenters. The number of nitrogens with zero attached hydrogens (tertiary/aromatic N) is 1. The van der Waals surface area contributed by atoms with E-state index in [2.05, 4.69) is 6.92 Å². The molecule has 5 heteroatoms. The van der Waals surface area contributed by atoms with Gasteiger partial charge in [-0.25, -0.2) is 0 Å². The summed E-state index contributed by atoms with van der Waals surface area (Å²) in [6.45, 7) is 3.55. The zero-order chi connectivity index (χ0) is 10.7. The Balaban J connectivity index is 3.06. The van der Waals surface area contributed by atoms with Crippen LogP contribution in [-0.2, 0) is 0 Å². The number of aliphatic hydroxyl groups excluding tert-OH is 1. The zero-order valence-corrected chi connectivity index (χ0v) is 8.07. The summed E-state index contributed by atoms with van der Waals surface area (Å²) < 4.78 is 0. The van der Waals surface area contributed by atoms with Crippen molar-refractivity contribution in [2.45, 2.75) is 5.92 Å². The van der Waals surface area contributed by atoms with Crippen molar-refractivity contribution in [2.24, 2.45) is 0 Å². The third-order valence-corrected chi connectivity index (χ3v) is 2.16. The van der Waals surface area contributed by atoms with Gasteiger partial charge in [0, 0.05) is 18.6 Å². The summed E-state index contributed by atoms with van der Waals surface area (Å²) in [5.41, 5.74) is 0.545. The van der Waals surface area contributed by atoms with Crippen LogP contribution in [-0.4, -0.2) is 16.6 Å². The van der Waals surface area contributed by atoms with Crippen molar-refractivity contribution >= 4 is 17.3 Å². The van der Waals surface area contributed by atoms with Crippen LogP contribution in [0.15, 0.2) is 18.2 Å². The minimum atomic E-state index is -0.552. The van der Waals surface area contributed by atoms with E-state index in [0.717, 1.165) is 0 Å². The molecule has 75 valence electrons. The molecule has 1 aromatic carbocycles. The molecule has 0 fully saturated rings. The summed E-state index contributed by atoms with van der Waals surface area (Å²) in [5, 5.41) is 19.3. The first-order valence-corrected chi connectivity index (χ1v) is 4.32. The molecule has 1 radical (unpaired) electrons. The van der Waals surface area contributed by atoms with Gasteiger partial charge in [-0.2, -0.15) is 0 Å². The molecule has 0 amide bonds. The molecule has 1 N–H and O–H groups in total. The molecule has 0 heterocycles. The molecule has 0 aromatic heterocycles. The molecular weight excluding hydrogens is 206 g/mol. The van der Waals surface area contributed by atoms with Crippen LogP contribution in [0.3, 0.4) is 0 Å². The molecule has 1 atom stereocenters. The Morgan fingerprint density at radius 1 is 1.64 bits per heavy atom. The number of nitro groups is 1. The van der Waals surface area contributed by atoms with E-state index in [9.17, 15) is 10.1 Å². The van der Waals surface area contributed by atoms with Gasteiger partial charge in [-0.3, -0.25) is 10.1 Å². The Morgan fingerprint density at radius 3 is 2.71 bits per heavy atom. The maximum absolute atomic E-state index is 10.4. The van der Waals surface area contributed by atoms with Crippen molar-refractivity contribution in [2.75, 3.05) is 6.61 Å². The number of halogens is 1. The van der Waals surface area contributed by atoms with E-state index in [4.69, 9.17) is 16.7 Å². The van der Waals surface area contributed by atoms with Crippen molar-refractivity contribution < 1.29 is 10.0 Å². The molecule has 1 aromatic rings. The topological polar surface area (TPSA) is 63.4 Å². The summed E-state index contributed by atoms with van der Waals surface area (Å²) in [5.74, 6) is -0.312. The quantitative estimate of drug-likeness (QED) is 0.620. The molecule has 0 saturated heterocycles. The number of hydrogen-bond acceptors (Lipinski definition) is 3. The van der Waals surface area contributed by atoms with Gasteiger partial charge in [0.25, 0.3) is 5.69 Å². The lowest BCUT2D eigenvalue weighted by molar-refractivity contribution is -0.384. The fourth-order valence-electron chi connectivity index (χ4n) is 1.03. The van der Waals surface area contributed by atoms with E-state index >= 15 is 0 Å². The lowest BCUT2D eigenvalue weighted by Gasteiger charge is -2.07. The van der Waals surface area contributed by atoms with Crippen molar-refractivity contribution in [1.82, 2.24) is 0 Å². The van der Waals surface area contributed by atoms with Crippen LogP contribution in [0.25, 0.3) is 0 Å². The van der Waals surface area contributed by atoms with Crippen molar-refractivity contribution in [3.05, 3.63) is 45.8 Å². The van der Waals surface area contributed by atoms with Gasteiger partial charge in [-0.15, -0.1) is 0 Å². The average molecular weight is 215 g/mol. The fraction of sp³-hybridized carbons (Fsp3) is 0.222.